The molecule has 2 aromatic rings. The van der Waals surface area contributed by atoms with E-state index in [9.17, 15) is 23.1 Å². The smallest absolute Gasteiger partial charge is 0.255 e. The number of carbonyl (C=O) groups is 1. The summed E-state index contributed by atoms with van der Waals surface area (Å²) in [6, 6.07) is 5.38. The van der Waals surface area contributed by atoms with Gasteiger partial charge >= 0.3 is 0 Å². The molecule has 204 valence electrons. The van der Waals surface area contributed by atoms with Gasteiger partial charge in [0.25, 0.3) is 5.91 Å². The fourth-order valence-corrected chi connectivity index (χ4v) is 4.06. The predicted molar refractivity (Wildman–Crippen MR) is 142 cm³/mol. The van der Waals surface area contributed by atoms with E-state index in [2.05, 4.69) is 25.1 Å². The van der Waals surface area contributed by atoms with Gasteiger partial charge in [-0.2, -0.15) is 0 Å². The molecule has 0 bridgehead atoms. The Bertz CT molecular complexity index is 1070. The summed E-state index contributed by atoms with van der Waals surface area (Å²) in [7, 11) is 0. The van der Waals surface area contributed by atoms with Gasteiger partial charge in [-0.1, -0.05) is 44.2 Å². The summed E-state index contributed by atoms with van der Waals surface area (Å²) in [5.74, 6) is -1.83. The highest BCUT2D eigenvalue weighted by molar-refractivity contribution is 7.93. The number of aliphatic hydroxyl groups is 2. The van der Waals surface area contributed by atoms with Crippen molar-refractivity contribution in [1.82, 2.24) is 0 Å². The lowest BCUT2D eigenvalue weighted by molar-refractivity contribution is 0.0237. The van der Waals surface area contributed by atoms with Crippen LogP contribution in [0.25, 0.3) is 0 Å². The lowest BCUT2D eigenvalue weighted by atomic mass is 9.78. The van der Waals surface area contributed by atoms with Gasteiger partial charge < -0.3 is 20.1 Å². The standard InChI is InChI=1S/C13H7ClF3NO2S.C9H18O.C5H8O/c14-8-2-1-6(3-11(8)21-20)13(19)18-7-4-9(15)12(17)10(16)5-7;1-3-8-6-4-5-7(2)9(8)10;1-4-5(2,3)6/h1-5,20H,(H,18,19);7-10H,3-6H2,1-2H3;1,6H,2-3H3. The van der Waals surface area contributed by atoms with Crippen LogP contribution < -0.4 is 5.32 Å². The maximum atomic E-state index is 13.0. The third kappa shape index (κ3) is 11.0. The topological polar surface area (TPSA) is 89.8 Å². The van der Waals surface area contributed by atoms with Crippen molar-refractivity contribution in [3.63, 3.8) is 0 Å². The SMILES string of the molecule is C#CC(C)(C)O.CCC1CCCC(C)C1O.O=C(Nc1cc(F)c(F)c(F)c1)c1ccc(Cl)c(SO)c1. The second-order valence-electron chi connectivity index (χ2n) is 9.21. The first-order valence-corrected chi connectivity index (χ1v) is 12.8. The van der Waals surface area contributed by atoms with Gasteiger partial charge in [-0.05, 0) is 56.7 Å². The number of amides is 1. The van der Waals surface area contributed by atoms with Gasteiger partial charge in [0.15, 0.2) is 17.5 Å². The molecule has 5 nitrogen and oxygen atoms in total. The van der Waals surface area contributed by atoms with Crippen LogP contribution in [0.4, 0.5) is 18.9 Å². The number of terminal acetylenes is 1. The van der Waals surface area contributed by atoms with Gasteiger partial charge in [-0.15, -0.1) is 6.42 Å². The van der Waals surface area contributed by atoms with E-state index < -0.39 is 29.0 Å². The fraction of sp³-hybridized carbons (Fsp3) is 0.444. The van der Waals surface area contributed by atoms with Gasteiger partial charge in [-0.25, -0.2) is 13.2 Å². The quantitative estimate of drug-likeness (QED) is 0.181. The minimum Gasteiger partial charge on any atom is -0.393 e. The molecule has 0 heterocycles. The van der Waals surface area contributed by atoms with Crippen LogP contribution in [-0.2, 0) is 0 Å². The van der Waals surface area contributed by atoms with Gasteiger partial charge in [0.1, 0.15) is 5.60 Å². The fourth-order valence-electron chi connectivity index (χ4n) is 3.50. The number of halogens is 4. The lowest BCUT2D eigenvalue weighted by Gasteiger charge is -2.31. The first-order chi connectivity index (χ1) is 17.2. The number of hydrogen-bond acceptors (Lipinski definition) is 5. The predicted octanol–water partition coefficient (Wildman–Crippen LogP) is 7.16. The summed E-state index contributed by atoms with van der Waals surface area (Å²) >= 11 is 6.13. The third-order valence-corrected chi connectivity index (χ3v) is 6.69. The van der Waals surface area contributed by atoms with Crippen molar-refractivity contribution in [2.24, 2.45) is 11.8 Å². The van der Waals surface area contributed by atoms with Crippen LogP contribution in [0.2, 0.25) is 5.02 Å². The van der Waals surface area contributed by atoms with Crippen molar-refractivity contribution in [2.75, 3.05) is 5.32 Å². The second kappa shape index (κ2) is 15.3. The monoisotopic (exact) mass is 559 g/mol. The summed E-state index contributed by atoms with van der Waals surface area (Å²) in [6.45, 7) is 7.46. The minimum absolute atomic E-state index is 0.0150. The van der Waals surface area contributed by atoms with Gasteiger partial charge in [0.05, 0.1) is 16.0 Å². The molecule has 2 aromatic carbocycles. The molecule has 1 saturated carbocycles. The Kier molecular flexibility index (Phi) is 13.5. The molecule has 1 aliphatic rings. The molecule has 3 atom stereocenters. The summed E-state index contributed by atoms with van der Waals surface area (Å²) in [4.78, 5) is 12.2. The van der Waals surface area contributed by atoms with Crippen molar-refractivity contribution in [1.29, 1.82) is 0 Å². The molecule has 0 spiro atoms. The Morgan fingerprint density at radius 3 is 2.24 bits per heavy atom. The molecule has 0 aromatic heterocycles. The van der Waals surface area contributed by atoms with Crippen LogP contribution >= 0.6 is 23.6 Å². The number of carbonyl (C=O) groups excluding carboxylic acids is 1. The molecule has 3 rings (SSSR count). The highest BCUT2D eigenvalue weighted by atomic mass is 35.5. The Labute approximate surface area is 225 Å². The average Bonchev–Trinajstić information content (AvgIpc) is 2.84. The molecule has 1 amide bonds. The average molecular weight is 560 g/mol. The van der Waals surface area contributed by atoms with Crippen LogP contribution in [-0.4, -0.2) is 32.4 Å². The number of rotatable bonds is 4. The molecule has 1 fully saturated rings. The van der Waals surface area contributed by atoms with E-state index in [0.717, 1.165) is 6.42 Å². The zero-order chi connectivity index (χ0) is 28.3. The van der Waals surface area contributed by atoms with Crippen LogP contribution in [0.3, 0.4) is 0 Å². The van der Waals surface area contributed by atoms with Crippen LogP contribution in [0.5, 0.6) is 0 Å². The minimum atomic E-state index is -1.61. The van der Waals surface area contributed by atoms with Crippen molar-refractivity contribution >= 4 is 35.2 Å². The second-order valence-corrected chi connectivity index (χ2v) is 10.2. The van der Waals surface area contributed by atoms with E-state index in [1.165, 1.54) is 37.5 Å². The first-order valence-electron chi connectivity index (χ1n) is 11.7. The zero-order valence-electron chi connectivity index (χ0n) is 21.2. The number of aliphatic hydroxyl groups excluding tert-OH is 1. The summed E-state index contributed by atoms with van der Waals surface area (Å²) in [5, 5.41) is 20.7. The molecule has 1 aliphatic carbocycles. The number of anilines is 1. The lowest BCUT2D eigenvalue weighted by Crippen LogP contribution is -2.31. The molecule has 37 heavy (non-hydrogen) atoms. The van der Waals surface area contributed by atoms with Crippen LogP contribution in [0.15, 0.2) is 35.2 Å². The Morgan fingerprint density at radius 2 is 1.78 bits per heavy atom. The van der Waals surface area contributed by atoms with E-state index in [-0.39, 0.29) is 27.3 Å². The Morgan fingerprint density at radius 1 is 1.22 bits per heavy atom. The molecule has 3 unspecified atom stereocenters. The summed E-state index contributed by atoms with van der Waals surface area (Å²) in [5.41, 5.74) is -1.05. The van der Waals surface area contributed by atoms with Crippen molar-refractivity contribution in [2.45, 2.75) is 70.0 Å². The van der Waals surface area contributed by atoms with E-state index >= 15 is 0 Å². The van der Waals surface area contributed by atoms with Crippen molar-refractivity contribution < 1.29 is 32.7 Å². The molecule has 4 N–H and O–H groups in total. The van der Waals surface area contributed by atoms with E-state index in [0.29, 0.717) is 36.0 Å². The van der Waals surface area contributed by atoms with E-state index in [4.69, 9.17) is 27.7 Å². The van der Waals surface area contributed by atoms with Gasteiger partial charge in [0, 0.05) is 35.4 Å². The van der Waals surface area contributed by atoms with Crippen molar-refractivity contribution in [3.05, 3.63) is 58.4 Å². The largest absolute Gasteiger partial charge is 0.393 e. The Balaban J connectivity index is 0.000000353. The zero-order valence-corrected chi connectivity index (χ0v) is 22.8. The summed E-state index contributed by atoms with van der Waals surface area (Å²) in [6.07, 6.45) is 9.71. The molecule has 0 radical (unpaired) electrons. The first kappa shape index (κ1) is 32.8. The Hall–Kier alpha value is -2.22. The van der Waals surface area contributed by atoms with E-state index in [1.54, 1.807) is 13.8 Å². The van der Waals surface area contributed by atoms with E-state index in [1.807, 2.05) is 0 Å². The number of hydrogen-bond donors (Lipinski definition) is 4. The molecular formula is C27H33ClF3NO4S. The highest BCUT2D eigenvalue weighted by Gasteiger charge is 2.27. The third-order valence-electron chi connectivity index (χ3n) is 5.71. The highest BCUT2D eigenvalue weighted by Crippen LogP contribution is 2.31. The maximum Gasteiger partial charge on any atom is 0.255 e. The van der Waals surface area contributed by atoms with Crippen molar-refractivity contribution in [3.8, 4) is 12.3 Å². The number of benzene rings is 2. The summed E-state index contributed by atoms with van der Waals surface area (Å²) < 4.78 is 47.9. The maximum absolute atomic E-state index is 13.0. The molecular weight excluding hydrogens is 527 g/mol. The molecule has 0 aliphatic heterocycles. The van der Waals surface area contributed by atoms with Crippen LogP contribution in [0.1, 0.15) is 63.7 Å². The molecule has 0 saturated heterocycles. The number of nitrogens with one attached hydrogen (secondary N) is 1. The van der Waals surface area contributed by atoms with Crippen LogP contribution in [0, 0.1) is 41.6 Å². The normalized spacial score (nSPS) is 18.9. The van der Waals surface area contributed by atoms with Gasteiger partial charge in [0.2, 0.25) is 0 Å². The van der Waals surface area contributed by atoms with Gasteiger partial charge in [-0.3, -0.25) is 4.79 Å². The molecule has 10 heteroatoms.